The highest BCUT2D eigenvalue weighted by Gasteiger charge is 2.22. The fourth-order valence-corrected chi connectivity index (χ4v) is 2.47. The van der Waals surface area contributed by atoms with E-state index < -0.39 is 17.9 Å². The number of rotatable bonds is 5. The van der Waals surface area contributed by atoms with Crippen LogP contribution in [-0.2, 0) is 22.4 Å². The molecular formula is C15H18N2O4. The summed E-state index contributed by atoms with van der Waals surface area (Å²) in [5, 5.41) is 13.5. The molecule has 1 aliphatic rings. The number of hydrogen-bond donors (Lipinski definition) is 3. The van der Waals surface area contributed by atoms with Crippen LogP contribution in [0.4, 0.5) is 4.79 Å². The van der Waals surface area contributed by atoms with Crippen molar-refractivity contribution in [2.24, 2.45) is 0 Å². The van der Waals surface area contributed by atoms with Gasteiger partial charge in [-0.3, -0.25) is 14.9 Å². The van der Waals surface area contributed by atoms with E-state index in [0.717, 1.165) is 12.8 Å². The van der Waals surface area contributed by atoms with E-state index in [1.54, 1.807) is 0 Å². The average Bonchev–Trinajstić information content (AvgIpc) is 2.79. The quantitative estimate of drug-likeness (QED) is 0.760. The lowest BCUT2D eigenvalue weighted by atomic mass is 10.1. The third-order valence-corrected chi connectivity index (χ3v) is 3.43. The Morgan fingerprint density at radius 2 is 1.71 bits per heavy atom. The topological polar surface area (TPSA) is 95.5 Å². The van der Waals surface area contributed by atoms with Crippen LogP contribution >= 0.6 is 0 Å². The molecular weight excluding hydrogens is 272 g/mol. The van der Waals surface area contributed by atoms with Gasteiger partial charge < -0.3 is 10.4 Å². The minimum atomic E-state index is -0.948. The van der Waals surface area contributed by atoms with Gasteiger partial charge in [0.25, 0.3) is 0 Å². The van der Waals surface area contributed by atoms with Gasteiger partial charge in [-0.05, 0) is 30.4 Å². The number of aliphatic carboxylic acids is 1. The smallest absolute Gasteiger partial charge is 0.321 e. The molecule has 3 amide bonds. The summed E-state index contributed by atoms with van der Waals surface area (Å²) >= 11 is 0. The SMILES string of the molecule is O=C(O)CCCC(=O)NC(=O)NC1Cc2ccccc2C1. The van der Waals surface area contributed by atoms with Crippen molar-refractivity contribution in [3.05, 3.63) is 35.4 Å². The summed E-state index contributed by atoms with van der Waals surface area (Å²) in [7, 11) is 0. The Balaban J connectivity index is 1.71. The van der Waals surface area contributed by atoms with Crippen LogP contribution in [0.2, 0.25) is 0 Å². The Morgan fingerprint density at radius 3 is 2.29 bits per heavy atom. The average molecular weight is 290 g/mol. The molecule has 3 N–H and O–H groups in total. The Bertz CT molecular complexity index is 531. The number of hydrogen-bond acceptors (Lipinski definition) is 3. The second kappa shape index (κ2) is 6.88. The Hall–Kier alpha value is -2.37. The fraction of sp³-hybridized carbons (Fsp3) is 0.400. The highest BCUT2D eigenvalue weighted by atomic mass is 16.4. The van der Waals surface area contributed by atoms with Crippen molar-refractivity contribution < 1.29 is 19.5 Å². The lowest BCUT2D eigenvalue weighted by Gasteiger charge is -2.12. The zero-order valence-electron chi connectivity index (χ0n) is 11.6. The lowest BCUT2D eigenvalue weighted by Crippen LogP contribution is -2.44. The number of carboxylic acids is 1. The van der Waals surface area contributed by atoms with E-state index >= 15 is 0 Å². The van der Waals surface area contributed by atoms with Crippen LogP contribution in [0.3, 0.4) is 0 Å². The summed E-state index contributed by atoms with van der Waals surface area (Å²) in [6, 6.07) is 7.47. The van der Waals surface area contributed by atoms with Crippen molar-refractivity contribution in [1.82, 2.24) is 10.6 Å². The summed E-state index contributed by atoms with van der Waals surface area (Å²) in [6.07, 6.45) is 1.70. The molecule has 2 rings (SSSR count). The normalized spacial score (nSPS) is 13.5. The van der Waals surface area contributed by atoms with E-state index in [1.165, 1.54) is 11.1 Å². The maximum atomic E-state index is 11.7. The molecule has 0 saturated carbocycles. The maximum Gasteiger partial charge on any atom is 0.321 e. The van der Waals surface area contributed by atoms with Crippen LogP contribution in [0.15, 0.2) is 24.3 Å². The predicted molar refractivity (Wildman–Crippen MR) is 75.8 cm³/mol. The van der Waals surface area contributed by atoms with E-state index in [0.29, 0.717) is 0 Å². The van der Waals surface area contributed by atoms with E-state index in [-0.39, 0.29) is 25.3 Å². The number of imide groups is 1. The molecule has 0 radical (unpaired) electrons. The zero-order chi connectivity index (χ0) is 15.2. The molecule has 1 aromatic rings. The number of carbonyl (C=O) groups is 3. The number of fused-ring (bicyclic) bond motifs is 1. The monoisotopic (exact) mass is 290 g/mol. The van der Waals surface area contributed by atoms with Crippen molar-refractivity contribution in [3.63, 3.8) is 0 Å². The minimum Gasteiger partial charge on any atom is -0.481 e. The third kappa shape index (κ3) is 4.59. The molecule has 6 nitrogen and oxygen atoms in total. The first-order valence-electron chi connectivity index (χ1n) is 6.93. The first-order chi connectivity index (χ1) is 10.0. The summed E-state index contributed by atoms with van der Waals surface area (Å²) in [6.45, 7) is 0. The minimum absolute atomic E-state index is 0.00535. The Kier molecular flexibility index (Phi) is 4.92. The molecule has 0 bridgehead atoms. The van der Waals surface area contributed by atoms with E-state index in [4.69, 9.17) is 5.11 Å². The molecule has 21 heavy (non-hydrogen) atoms. The summed E-state index contributed by atoms with van der Waals surface area (Å²) in [5.41, 5.74) is 2.44. The largest absolute Gasteiger partial charge is 0.481 e. The van der Waals surface area contributed by atoms with Gasteiger partial charge >= 0.3 is 12.0 Å². The van der Waals surface area contributed by atoms with Crippen molar-refractivity contribution >= 4 is 17.9 Å². The molecule has 112 valence electrons. The van der Waals surface area contributed by atoms with Crippen LogP contribution in [-0.4, -0.2) is 29.1 Å². The van der Waals surface area contributed by atoms with Gasteiger partial charge in [0.05, 0.1) is 0 Å². The lowest BCUT2D eigenvalue weighted by molar-refractivity contribution is -0.137. The standard InChI is InChI=1S/C15H18N2O4/c18-13(6-3-7-14(19)20)17-15(21)16-12-8-10-4-1-2-5-11(10)9-12/h1-2,4-5,12H,3,6-9H2,(H,19,20)(H2,16,17,18,21). The Morgan fingerprint density at radius 1 is 1.10 bits per heavy atom. The number of nitrogens with one attached hydrogen (secondary N) is 2. The second-order valence-corrected chi connectivity index (χ2v) is 5.14. The van der Waals surface area contributed by atoms with Crippen LogP contribution in [0.1, 0.15) is 30.4 Å². The molecule has 0 fully saturated rings. The van der Waals surface area contributed by atoms with Gasteiger partial charge in [-0.25, -0.2) is 4.79 Å². The number of carbonyl (C=O) groups excluding carboxylic acids is 2. The fourth-order valence-electron chi connectivity index (χ4n) is 2.47. The van der Waals surface area contributed by atoms with Gasteiger partial charge in [-0.15, -0.1) is 0 Å². The van der Waals surface area contributed by atoms with Crippen molar-refractivity contribution in [2.75, 3.05) is 0 Å². The highest BCUT2D eigenvalue weighted by molar-refractivity contribution is 5.94. The van der Waals surface area contributed by atoms with E-state index in [2.05, 4.69) is 10.6 Å². The number of urea groups is 1. The molecule has 0 saturated heterocycles. The first kappa shape index (κ1) is 15.0. The highest BCUT2D eigenvalue weighted by Crippen LogP contribution is 2.21. The van der Waals surface area contributed by atoms with Gasteiger partial charge in [0, 0.05) is 18.9 Å². The zero-order valence-corrected chi connectivity index (χ0v) is 11.6. The molecule has 0 aliphatic heterocycles. The molecule has 0 unspecified atom stereocenters. The number of benzene rings is 1. The summed E-state index contributed by atoms with van der Waals surface area (Å²) in [4.78, 5) is 33.5. The number of amides is 3. The molecule has 0 atom stereocenters. The van der Waals surface area contributed by atoms with Gasteiger partial charge in [0.15, 0.2) is 0 Å². The molecule has 0 spiro atoms. The van der Waals surface area contributed by atoms with E-state index in [9.17, 15) is 14.4 Å². The summed E-state index contributed by atoms with van der Waals surface area (Å²) < 4.78 is 0. The van der Waals surface area contributed by atoms with Gasteiger partial charge in [0.2, 0.25) is 5.91 Å². The molecule has 6 heteroatoms. The summed E-state index contributed by atoms with van der Waals surface area (Å²) in [5.74, 6) is -1.40. The van der Waals surface area contributed by atoms with Crippen LogP contribution in [0, 0.1) is 0 Å². The number of carboxylic acid groups (broad SMARTS) is 1. The van der Waals surface area contributed by atoms with Crippen LogP contribution in [0.25, 0.3) is 0 Å². The molecule has 0 heterocycles. The third-order valence-electron chi connectivity index (χ3n) is 3.43. The molecule has 0 aromatic heterocycles. The molecule has 1 aliphatic carbocycles. The first-order valence-corrected chi connectivity index (χ1v) is 6.93. The van der Waals surface area contributed by atoms with Crippen molar-refractivity contribution in [2.45, 2.75) is 38.1 Å². The van der Waals surface area contributed by atoms with Gasteiger partial charge in [-0.1, -0.05) is 24.3 Å². The van der Waals surface area contributed by atoms with Gasteiger partial charge in [-0.2, -0.15) is 0 Å². The Labute approximate surface area is 122 Å². The van der Waals surface area contributed by atoms with Crippen LogP contribution < -0.4 is 10.6 Å². The molecule has 1 aromatic carbocycles. The van der Waals surface area contributed by atoms with Gasteiger partial charge in [0.1, 0.15) is 0 Å². The van der Waals surface area contributed by atoms with Crippen LogP contribution in [0.5, 0.6) is 0 Å². The van der Waals surface area contributed by atoms with Crippen molar-refractivity contribution in [3.8, 4) is 0 Å². The van der Waals surface area contributed by atoms with Crippen molar-refractivity contribution in [1.29, 1.82) is 0 Å². The predicted octanol–water partition coefficient (Wildman–Crippen LogP) is 1.23. The van der Waals surface area contributed by atoms with E-state index in [1.807, 2.05) is 24.3 Å². The second-order valence-electron chi connectivity index (χ2n) is 5.14. The maximum absolute atomic E-state index is 11.7.